The van der Waals surface area contributed by atoms with Crippen molar-refractivity contribution in [2.24, 2.45) is 0 Å². The first-order valence-corrected chi connectivity index (χ1v) is 7.37. The molecule has 1 heterocycles. The molecule has 0 bridgehead atoms. The Labute approximate surface area is 135 Å². The van der Waals surface area contributed by atoms with E-state index in [9.17, 15) is 0 Å². The Kier molecular flexibility index (Phi) is 4.85. The summed E-state index contributed by atoms with van der Waals surface area (Å²) < 4.78 is 7.20. The number of ether oxygens (including phenoxy) is 1. The van der Waals surface area contributed by atoms with E-state index >= 15 is 0 Å². The van der Waals surface area contributed by atoms with Crippen LogP contribution in [0, 0.1) is 0 Å². The summed E-state index contributed by atoms with van der Waals surface area (Å²) in [6.45, 7) is 1.33. The van der Waals surface area contributed by atoms with Gasteiger partial charge in [-0.1, -0.05) is 24.3 Å². The summed E-state index contributed by atoms with van der Waals surface area (Å²) in [6, 6.07) is 16.1. The highest BCUT2D eigenvalue weighted by molar-refractivity contribution is 5.41. The monoisotopic (exact) mass is 309 g/mol. The number of aromatic nitrogens is 3. The van der Waals surface area contributed by atoms with Crippen LogP contribution in [0.2, 0.25) is 0 Å². The van der Waals surface area contributed by atoms with Crippen LogP contribution in [0.3, 0.4) is 0 Å². The lowest BCUT2D eigenvalue weighted by Crippen LogP contribution is -2.20. The fraction of sp³-hybridized carbons (Fsp3) is 0.176. The molecule has 0 radical (unpaired) electrons. The molecule has 1 aromatic heterocycles. The first-order chi connectivity index (χ1) is 11.3. The van der Waals surface area contributed by atoms with Crippen molar-refractivity contribution in [1.29, 1.82) is 0 Å². The van der Waals surface area contributed by atoms with E-state index < -0.39 is 0 Å². The van der Waals surface area contributed by atoms with Gasteiger partial charge in [0.25, 0.3) is 0 Å². The molecule has 0 amide bonds. The van der Waals surface area contributed by atoms with Crippen molar-refractivity contribution in [2.75, 3.05) is 12.5 Å². The lowest BCUT2D eigenvalue weighted by Gasteiger charge is -2.12. The van der Waals surface area contributed by atoms with Crippen LogP contribution in [0.1, 0.15) is 11.1 Å². The molecule has 3 aromatic rings. The number of rotatable bonds is 7. The molecule has 6 heteroatoms. The third-order valence-electron chi connectivity index (χ3n) is 3.44. The normalized spacial score (nSPS) is 10.5. The predicted octanol–water partition coefficient (Wildman–Crippen LogP) is 2.45. The van der Waals surface area contributed by atoms with Gasteiger partial charge in [0, 0.05) is 17.8 Å². The highest BCUT2D eigenvalue weighted by atomic mass is 16.5. The summed E-state index contributed by atoms with van der Waals surface area (Å²) in [6.07, 6.45) is 3.23. The molecule has 0 atom stereocenters. The van der Waals surface area contributed by atoms with Gasteiger partial charge in [-0.15, -0.1) is 0 Å². The maximum absolute atomic E-state index is 5.43. The number of hydrogen-bond acceptors (Lipinski definition) is 5. The van der Waals surface area contributed by atoms with Crippen LogP contribution in [0.5, 0.6) is 5.75 Å². The summed E-state index contributed by atoms with van der Waals surface area (Å²) in [5.41, 5.74) is 9.65. The van der Waals surface area contributed by atoms with Gasteiger partial charge in [-0.05, 0) is 29.8 Å². The van der Waals surface area contributed by atoms with Gasteiger partial charge < -0.3 is 10.2 Å². The molecule has 0 saturated heterocycles. The third kappa shape index (κ3) is 4.08. The SMILES string of the molecule is COc1ccc(CNNc2ccccc2)cc1Cn1cncn1. The van der Waals surface area contributed by atoms with Gasteiger partial charge in [0.2, 0.25) is 0 Å². The standard InChI is InChI=1S/C17H19N5O/c1-23-17-8-7-14(9-15(17)11-22-13-18-12-20-22)10-19-21-16-5-3-2-4-6-16/h2-9,12-13,19,21H,10-11H2,1H3. The number of benzene rings is 2. The average Bonchev–Trinajstić information content (AvgIpc) is 3.09. The molecule has 23 heavy (non-hydrogen) atoms. The van der Waals surface area contributed by atoms with E-state index in [4.69, 9.17) is 4.74 Å². The van der Waals surface area contributed by atoms with E-state index in [1.165, 1.54) is 6.33 Å². The summed E-state index contributed by atoms with van der Waals surface area (Å²) >= 11 is 0. The van der Waals surface area contributed by atoms with Gasteiger partial charge in [-0.25, -0.2) is 15.1 Å². The number of hydrazine groups is 1. The Bertz CT molecular complexity index is 728. The summed E-state index contributed by atoms with van der Waals surface area (Å²) in [5.74, 6) is 0.847. The summed E-state index contributed by atoms with van der Waals surface area (Å²) in [4.78, 5) is 3.97. The van der Waals surface area contributed by atoms with Crippen molar-refractivity contribution >= 4 is 5.69 Å². The van der Waals surface area contributed by atoms with Gasteiger partial charge in [-0.2, -0.15) is 5.10 Å². The Balaban J connectivity index is 1.65. The lowest BCUT2D eigenvalue weighted by atomic mass is 10.1. The Morgan fingerprint density at radius 3 is 2.74 bits per heavy atom. The zero-order valence-electron chi connectivity index (χ0n) is 12.9. The Morgan fingerprint density at radius 1 is 1.13 bits per heavy atom. The minimum Gasteiger partial charge on any atom is -0.496 e. The Hall–Kier alpha value is -2.86. The van der Waals surface area contributed by atoms with Crippen LogP contribution >= 0.6 is 0 Å². The molecule has 3 rings (SSSR count). The summed E-state index contributed by atoms with van der Waals surface area (Å²) in [7, 11) is 1.68. The predicted molar refractivity (Wildman–Crippen MR) is 89.0 cm³/mol. The maximum Gasteiger partial charge on any atom is 0.137 e. The molecule has 0 saturated carbocycles. The molecular formula is C17H19N5O. The quantitative estimate of drug-likeness (QED) is 0.656. The second kappa shape index (κ2) is 7.42. The van der Waals surface area contributed by atoms with Gasteiger partial charge in [0.15, 0.2) is 0 Å². The van der Waals surface area contributed by atoms with Crippen LogP contribution in [0.15, 0.2) is 61.2 Å². The van der Waals surface area contributed by atoms with Crippen LogP contribution in [-0.4, -0.2) is 21.9 Å². The van der Waals surface area contributed by atoms with Gasteiger partial charge >= 0.3 is 0 Å². The van der Waals surface area contributed by atoms with Gasteiger partial charge in [0.1, 0.15) is 18.4 Å². The molecule has 6 nitrogen and oxygen atoms in total. The fourth-order valence-electron chi connectivity index (χ4n) is 2.32. The van der Waals surface area contributed by atoms with E-state index in [-0.39, 0.29) is 0 Å². The van der Waals surface area contributed by atoms with Crippen molar-refractivity contribution in [2.45, 2.75) is 13.1 Å². The molecular weight excluding hydrogens is 290 g/mol. The van der Waals surface area contributed by atoms with Gasteiger partial charge in [-0.3, -0.25) is 0 Å². The zero-order valence-corrected chi connectivity index (χ0v) is 12.9. The van der Waals surface area contributed by atoms with E-state index in [0.717, 1.165) is 22.6 Å². The molecule has 0 aliphatic heterocycles. The number of para-hydroxylation sites is 1. The number of hydrogen-bond donors (Lipinski definition) is 2. The largest absolute Gasteiger partial charge is 0.496 e. The van der Waals surface area contributed by atoms with E-state index in [0.29, 0.717) is 13.1 Å². The molecule has 118 valence electrons. The summed E-state index contributed by atoms with van der Waals surface area (Å²) in [5, 5.41) is 4.14. The van der Waals surface area contributed by atoms with Crippen molar-refractivity contribution in [3.05, 3.63) is 72.3 Å². The molecule has 0 aliphatic carbocycles. The first-order valence-electron chi connectivity index (χ1n) is 7.37. The van der Waals surface area contributed by atoms with Crippen LogP contribution < -0.4 is 15.6 Å². The first kappa shape index (κ1) is 15.1. The molecule has 2 N–H and O–H groups in total. The second-order valence-corrected chi connectivity index (χ2v) is 5.08. The number of methoxy groups -OCH3 is 1. The van der Waals surface area contributed by atoms with Crippen molar-refractivity contribution in [3.8, 4) is 5.75 Å². The molecule has 2 aromatic carbocycles. The number of nitrogens with one attached hydrogen (secondary N) is 2. The lowest BCUT2D eigenvalue weighted by molar-refractivity contribution is 0.407. The van der Waals surface area contributed by atoms with Crippen molar-refractivity contribution in [1.82, 2.24) is 20.2 Å². The van der Waals surface area contributed by atoms with E-state index in [1.807, 2.05) is 42.5 Å². The minimum absolute atomic E-state index is 0.628. The average molecular weight is 309 g/mol. The number of nitrogens with zero attached hydrogens (tertiary/aromatic N) is 3. The second-order valence-electron chi connectivity index (χ2n) is 5.08. The third-order valence-corrected chi connectivity index (χ3v) is 3.44. The molecule has 0 spiro atoms. The van der Waals surface area contributed by atoms with Crippen LogP contribution in [0.25, 0.3) is 0 Å². The van der Waals surface area contributed by atoms with E-state index in [1.54, 1.807) is 18.1 Å². The van der Waals surface area contributed by atoms with Crippen molar-refractivity contribution in [3.63, 3.8) is 0 Å². The van der Waals surface area contributed by atoms with Crippen LogP contribution in [0.4, 0.5) is 5.69 Å². The number of anilines is 1. The minimum atomic E-state index is 0.628. The molecule has 0 fully saturated rings. The Morgan fingerprint density at radius 2 is 2.00 bits per heavy atom. The van der Waals surface area contributed by atoms with Gasteiger partial charge in [0.05, 0.1) is 13.7 Å². The smallest absolute Gasteiger partial charge is 0.137 e. The molecule has 0 aliphatic rings. The topological polar surface area (TPSA) is 64.0 Å². The van der Waals surface area contributed by atoms with Crippen molar-refractivity contribution < 1.29 is 4.74 Å². The van der Waals surface area contributed by atoms with E-state index in [2.05, 4.69) is 27.0 Å². The highest BCUT2D eigenvalue weighted by Crippen LogP contribution is 2.20. The maximum atomic E-state index is 5.43. The van der Waals surface area contributed by atoms with Crippen LogP contribution in [-0.2, 0) is 13.1 Å². The molecule has 0 unspecified atom stereocenters. The fourth-order valence-corrected chi connectivity index (χ4v) is 2.32. The highest BCUT2D eigenvalue weighted by Gasteiger charge is 2.06. The zero-order chi connectivity index (χ0) is 15.9.